The summed E-state index contributed by atoms with van der Waals surface area (Å²) in [6.07, 6.45) is -9.70. The van der Waals surface area contributed by atoms with E-state index in [-0.39, 0.29) is 11.3 Å². The molecule has 4 rings (SSSR count). The average Bonchev–Trinajstić information content (AvgIpc) is 3.03. The molecule has 40 heavy (non-hydrogen) atoms. The van der Waals surface area contributed by atoms with Gasteiger partial charge in [0.2, 0.25) is 0 Å². The van der Waals surface area contributed by atoms with Crippen LogP contribution in [0.15, 0.2) is 60.7 Å². The van der Waals surface area contributed by atoms with Gasteiger partial charge in [0.15, 0.2) is 0 Å². The number of alkyl halides is 6. The van der Waals surface area contributed by atoms with Gasteiger partial charge >= 0.3 is 18.4 Å². The van der Waals surface area contributed by atoms with Gasteiger partial charge in [-0.3, -0.25) is 4.79 Å². The van der Waals surface area contributed by atoms with Gasteiger partial charge in [-0.05, 0) is 80.1 Å². The number of carbonyl (C=O) groups is 2. The van der Waals surface area contributed by atoms with Crippen molar-refractivity contribution in [2.75, 3.05) is 10.2 Å². The maximum atomic E-state index is 13.5. The van der Waals surface area contributed by atoms with Crippen LogP contribution in [0.2, 0.25) is 0 Å². The van der Waals surface area contributed by atoms with Gasteiger partial charge < -0.3 is 10.2 Å². The minimum atomic E-state index is -4.96. The second-order valence-corrected chi connectivity index (χ2v) is 9.41. The fourth-order valence-electron chi connectivity index (χ4n) is 4.21. The largest absolute Gasteiger partial charge is 0.417 e. The highest BCUT2D eigenvalue weighted by molar-refractivity contribution is 6.23. The molecule has 0 aromatic heterocycles. The molecule has 13 heteroatoms. The van der Waals surface area contributed by atoms with Crippen molar-refractivity contribution in [2.45, 2.75) is 38.3 Å². The predicted octanol–water partition coefficient (Wildman–Crippen LogP) is 7.23. The van der Waals surface area contributed by atoms with Gasteiger partial charge in [0.1, 0.15) is 11.4 Å². The van der Waals surface area contributed by atoms with Crippen molar-refractivity contribution in [3.8, 4) is 6.07 Å². The zero-order valence-electron chi connectivity index (χ0n) is 20.8. The van der Waals surface area contributed by atoms with E-state index >= 15 is 0 Å². The van der Waals surface area contributed by atoms with Crippen molar-refractivity contribution in [2.24, 2.45) is 0 Å². The number of nitrogens with zero attached hydrogens (tertiary/aromatic N) is 3. The summed E-state index contributed by atoms with van der Waals surface area (Å²) >= 11 is 0. The number of benzene rings is 3. The molecule has 0 unspecified atom stereocenters. The second kappa shape index (κ2) is 9.86. The topological polar surface area (TPSA) is 76.4 Å². The van der Waals surface area contributed by atoms with E-state index in [4.69, 9.17) is 5.26 Å². The summed E-state index contributed by atoms with van der Waals surface area (Å²) in [6, 6.07) is 10.3. The van der Waals surface area contributed by atoms with Crippen molar-refractivity contribution in [3.05, 3.63) is 88.7 Å². The van der Waals surface area contributed by atoms with Crippen LogP contribution in [0.3, 0.4) is 0 Å². The first-order valence-electron chi connectivity index (χ1n) is 11.5. The third-order valence-electron chi connectivity index (χ3n) is 6.39. The standard InChI is InChI=1S/C27H19F7N4O2/c1-25(2)23(39)38(20-9-3-15(13-35)21(12-20)27(32,33)34)24(40)37(25)14-16-11-17(26(29,30)31)4-10-22(16)36-19-7-5-18(28)6-8-19/h3-12,36H,14H2,1-2H3. The van der Waals surface area contributed by atoms with E-state index in [9.17, 15) is 40.3 Å². The molecule has 3 aromatic rings. The molecular weight excluding hydrogens is 545 g/mol. The lowest BCUT2D eigenvalue weighted by Crippen LogP contribution is -2.43. The van der Waals surface area contributed by atoms with Crippen LogP contribution in [0.5, 0.6) is 0 Å². The minimum absolute atomic E-state index is 0.0639. The maximum absolute atomic E-state index is 13.5. The molecule has 3 amide bonds. The number of hydrogen-bond donors (Lipinski definition) is 1. The number of halogens is 7. The van der Waals surface area contributed by atoms with Gasteiger partial charge in [0.25, 0.3) is 5.91 Å². The van der Waals surface area contributed by atoms with Gasteiger partial charge in [-0.15, -0.1) is 0 Å². The quantitative estimate of drug-likeness (QED) is 0.262. The van der Waals surface area contributed by atoms with E-state index in [1.807, 2.05) is 0 Å². The number of carbonyl (C=O) groups excluding carboxylic acids is 2. The highest BCUT2D eigenvalue weighted by Crippen LogP contribution is 2.40. The molecule has 6 nitrogen and oxygen atoms in total. The number of amides is 3. The lowest BCUT2D eigenvalue weighted by molar-refractivity contribution is -0.138. The number of hydrogen-bond acceptors (Lipinski definition) is 4. The van der Waals surface area contributed by atoms with Crippen molar-refractivity contribution >= 4 is 29.0 Å². The average molecular weight is 564 g/mol. The van der Waals surface area contributed by atoms with Crippen molar-refractivity contribution in [1.82, 2.24) is 4.90 Å². The van der Waals surface area contributed by atoms with Crippen molar-refractivity contribution in [1.29, 1.82) is 5.26 Å². The van der Waals surface area contributed by atoms with Crippen molar-refractivity contribution < 1.29 is 40.3 Å². The Morgan fingerprint density at radius 1 is 0.900 bits per heavy atom. The Morgan fingerprint density at radius 2 is 1.55 bits per heavy atom. The van der Waals surface area contributed by atoms with E-state index in [2.05, 4.69) is 5.32 Å². The highest BCUT2D eigenvalue weighted by atomic mass is 19.4. The summed E-state index contributed by atoms with van der Waals surface area (Å²) in [6.45, 7) is 2.08. The van der Waals surface area contributed by atoms with Gasteiger partial charge in [0.05, 0.1) is 35.0 Å². The van der Waals surface area contributed by atoms with Crippen LogP contribution in [0.4, 0.5) is 52.6 Å². The summed E-state index contributed by atoms with van der Waals surface area (Å²) < 4.78 is 94.5. The van der Waals surface area contributed by atoms with E-state index in [1.165, 1.54) is 32.0 Å². The molecule has 0 bridgehead atoms. The van der Waals surface area contributed by atoms with E-state index in [0.29, 0.717) is 16.7 Å². The Labute approximate surface area is 223 Å². The van der Waals surface area contributed by atoms with Crippen LogP contribution in [-0.4, -0.2) is 22.4 Å². The first-order chi connectivity index (χ1) is 18.5. The molecule has 1 fully saturated rings. The Balaban J connectivity index is 1.75. The highest BCUT2D eigenvalue weighted by Gasteiger charge is 2.52. The third kappa shape index (κ3) is 5.29. The van der Waals surface area contributed by atoms with Crippen molar-refractivity contribution in [3.63, 3.8) is 0 Å². The number of anilines is 3. The second-order valence-electron chi connectivity index (χ2n) is 9.41. The summed E-state index contributed by atoms with van der Waals surface area (Å²) in [5.41, 5.74) is -4.86. The van der Waals surface area contributed by atoms with Crippen LogP contribution >= 0.6 is 0 Å². The molecular formula is C27H19F7N4O2. The van der Waals surface area contributed by atoms with Gasteiger partial charge in [-0.2, -0.15) is 31.6 Å². The van der Waals surface area contributed by atoms with Gasteiger partial charge in [-0.25, -0.2) is 14.1 Å². The van der Waals surface area contributed by atoms with Crippen LogP contribution in [-0.2, 0) is 23.7 Å². The number of nitrogens with one attached hydrogen (secondary N) is 1. The molecule has 0 saturated carbocycles. The Hall–Kier alpha value is -4.60. The monoisotopic (exact) mass is 564 g/mol. The van der Waals surface area contributed by atoms with E-state index < -0.39 is 64.6 Å². The first-order valence-corrected chi connectivity index (χ1v) is 11.5. The SMILES string of the molecule is CC1(C)C(=O)N(c2ccc(C#N)c(C(F)(F)F)c2)C(=O)N1Cc1cc(C(F)(F)F)ccc1Nc1ccc(F)cc1. The molecule has 1 aliphatic rings. The van der Waals surface area contributed by atoms with Crippen LogP contribution in [0.1, 0.15) is 36.1 Å². The Morgan fingerprint density at radius 3 is 2.12 bits per heavy atom. The van der Waals surface area contributed by atoms with Gasteiger partial charge in [-0.1, -0.05) is 0 Å². The first kappa shape index (κ1) is 28.4. The zero-order chi connectivity index (χ0) is 29.6. The smallest absolute Gasteiger partial charge is 0.355 e. The number of nitriles is 1. The zero-order valence-corrected chi connectivity index (χ0v) is 20.8. The maximum Gasteiger partial charge on any atom is 0.417 e. The Bertz CT molecular complexity index is 1520. The predicted molar refractivity (Wildman–Crippen MR) is 130 cm³/mol. The summed E-state index contributed by atoms with van der Waals surface area (Å²) in [7, 11) is 0. The molecule has 1 heterocycles. The molecule has 1 aliphatic heterocycles. The molecule has 1 N–H and O–H groups in total. The third-order valence-corrected chi connectivity index (χ3v) is 6.39. The summed E-state index contributed by atoms with van der Waals surface area (Å²) in [5, 5.41) is 11.9. The fourth-order valence-corrected chi connectivity index (χ4v) is 4.21. The number of urea groups is 1. The molecule has 0 radical (unpaired) electrons. The molecule has 3 aromatic carbocycles. The van der Waals surface area contributed by atoms with E-state index in [0.717, 1.165) is 47.4 Å². The number of imide groups is 1. The van der Waals surface area contributed by atoms with E-state index in [1.54, 1.807) is 0 Å². The number of rotatable bonds is 5. The normalized spacial score (nSPS) is 15.4. The van der Waals surface area contributed by atoms with Gasteiger partial charge in [0, 0.05) is 11.4 Å². The molecule has 208 valence electrons. The van der Waals surface area contributed by atoms with Crippen LogP contribution in [0.25, 0.3) is 0 Å². The minimum Gasteiger partial charge on any atom is -0.355 e. The molecule has 0 aliphatic carbocycles. The summed E-state index contributed by atoms with van der Waals surface area (Å²) in [4.78, 5) is 28.1. The fraction of sp³-hybridized carbons (Fsp3) is 0.222. The lowest BCUT2D eigenvalue weighted by Gasteiger charge is -2.29. The molecule has 0 spiro atoms. The Kier molecular flexibility index (Phi) is 7.00. The summed E-state index contributed by atoms with van der Waals surface area (Å²) in [5.74, 6) is -1.46. The van der Waals surface area contributed by atoms with Crippen LogP contribution in [0, 0.1) is 17.1 Å². The molecule has 0 atom stereocenters. The van der Waals surface area contributed by atoms with Crippen LogP contribution < -0.4 is 10.2 Å². The lowest BCUT2D eigenvalue weighted by atomic mass is 10.0. The molecule has 1 saturated heterocycles.